The van der Waals surface area contributed by atoms with E-state index in [9.17, 15) is 4.39 Å². The first kappa shape index (κ1) is 16.4. The van der Waals surface area contributed by atoms with Crippen molar-refractivity contribution < 1.29 is 4.39 Å². The molecule has 0 saturated carbocycles. The first-order valence-electron chi connectivity index (χ1n) is 7.20. The van der Waals surface area contributed by atoms with Gasteiger partial charge in [-0.1, -0.05) is 12.1 Å². The maximum absolute atomic E-state index is 13.1. The third kappa shape index (κ3) is 4.80. The second kappa shape index (κ2) is 7.89. The van der Waals surface area contributed by atoms with Crippen LogP contribution in [0.5, 0.6) is 0 Å². The van der Waals surface area contributed by atoms with Crippen molar-refractivity contribution in [2.75, 3.05) is 13.6 Å². The highest BCUT2D eigenvalue weighted by atomic mass is 32.1. The lowest BCUT2D eigenvalue weighted by molar-refractivity contribution is 0.624. The van der Waals surface area contributed by atoms with Crippen molar-refractivity contribution in [2.45, 2.75) is 26.8 Å². The molecule has 0 atom stereocenters. The van der Waals surface area contributed by atoms with E-state index in [1.54, 1.807) is 24.5 Å². The molecule has 0 spiro atoms. The summed E-state index contributed by atoms with van der Waals surface area (Å²) in [6, 6.07) is 6.55. The molecule has 2 N–H and O–H groups in total. The molecule has 0 aliphatic carbocycles. The van der Waals surface area contributed by atoms with Gasteiger partial charge in [0.05, 0.1) is 10.7 Å². The van der Waals surface area contributed by atoms with Gasteiger partial charge in [0, 0.05) is 31.4 Å². The second-order valence-corrected chi connectivity index (χ2v) is 6.26. The third-order valence-corrected chi connectivity index (χ3v) is 4.35. The molecule has 0 amide bonds. The lowest BCUT2D eigenvalue weighted by Crippen LogP contribution is -2.37. The molecule has 0 aliphatic heterocycles. The fraction of sp³-hybridized carbons (Fsp3) is 0.375. The normalized spacial score (nSPS) is 11.5. The zero-order valence-corrected chi connectivity index (χ0v) is 13.9. The molecule has 2 rings (SSSR count). The van der Waals surface area contributed by atoms with Gasteiger partial charge in [-0.05, 0) is 31.5 Å². The van der Waals surface area contributed by atoms with Gasteiger partial charge in [0.15, 0.2) is 5.96 Å². The van der Waals surface area contributed by atoms with E-state index in [2.05, 4.69) is 20.6 Å². The number of hydrogen-bond acceptors (Lipinski definition) is 3. The van der Waals surface area contributed by atoms with Crippen LogP contribution in [-0.2, 0) is 13.0 Å². The van der Waals surface area contributed by atoms with Crippen molar-refractivity contribution in [3.63, 3.8) is 0 Å². The fourth-order valence-electron chi connectivity index (χ4n) is 2.15. The summed E-state index contributed by atoms with van der Waals surface area (Å²) in [5.74, 6) is 0.487. The summed E-state index contributed by atoms with van der Waals surface area (Å²) in [6.45, 7) is 5.38. The number of thiazole rings is 1. The molecule has 0 fully saturated rings. The minimum Gasteiger partial charge on any atom is -0.356 e. The second-order valence-electron chi connectivity index (χ2n) is 4.97. The molecule has 0 bridgehead atoms. The molecule has 4 nitrogen and oxygen atoms in total. The number of halogens is 1. The number of aromatic nitrogens is 1. The highest BCUT2D eigenvalue weighted by molar-refractivity contribution is 7.11. The van der Waals surface area contributed by atoms with Crippen LogP contribution in [0.15, 0.2) is 29.3 Å². The SMILES string of the molecule is CN=C(NCCc1sc(C)nc1C)NCc1cccc(F)c1. The van der Waals surface area contributed by atoms with Crippen LogP contribution in [0.3, 0.4) is 0 Å². The zero-order chi connectivity index (χ0) is 15.9. The molecule has 0 unspecified atom stereocenters. The van der Waals surface area contributed by atoms with Crippen LogP contribution in [0.4, 0.5) is 4.39 Å². The van der Waals surface area contributed by atoms with E-state index in [1.807, 2.05) is 19.9 Å². The maximum Gasteiger partial charge on any atom is 0.191 e. The van der Waals surface area contributed by atoms with Gasteiger partial charge in [-0.2, -0.15) is 0 Å². The molecule has 0 saturated heterocycles. The van der Waals surface area contributed by atoms with Crippen molar-refractivity contribution in [3.05, 3.63) is 51.2 Å². The van der Waals surface area contributed by atoms with Crippen LogP contribution in [0.1, 0.15) is 21.1 Å². The van der Waals surface area contributed by atoms with Gasteiger partial charge in [-0.25, -0.2) is 9.37 Å². The summed E-state index contributed by atoms with van der Waals surface area (Å²) in [7, 11) is 1.73. The van der Waals surface area contributed by atoms with Crippen LogP contribution in [0, 0.1) is 19.7 Å². The molecule has 0 aliphatic rings. The summed E-state index contributed by atoms with van der Waals surface area (Å²) >= 11 is 1.73. The Morgan fingerprint density at radius 2 is 2.14 bits per heavy atom. The Morgan fingerprint density at radius 3 is 2.77 bits per heavy atom. The summed E-state index contributed by atoms with van der Waals surface area (Å²) < 4.78 is 13.1. The number of benzene rings is 1. The minimum absolute atomic E-state index is 0.224. The molecular weight excluding hydrogens is 299 g/mol. The Morgan fingerprint density at radius 1 is 1.32 bits per heavy atom. The molecule has 118 valence electrons. The van der Waals surface area contributed by atoms with Crippen LogP contribution >= 0.6 is 11.3 Å². The number of hydrogen-bond donors (Lipinski definition) is 2. The average Bonchev–Trinajstić information content (AvgIpc) is 2.80. The quantitative estimate of drug-likeness (QED) is 0.658. The lowest BCUT2D eigenvalue weighted by atomic mass is 10.2. The van der Waals surface area contributed by atoms with Gasteiger partial charge in [-0.15, -0.1) is 11.3 Å². The fourth-order valence-corrected chi connectivity index (χ4v) is 3.09. The molecule has 1 aromatic heterocycles. The number of nitrogens with one attached hydrogen (secondary N) is 2. The van der Waals surface area contributed by atoms with Crippen molar-refractivity contribution in [2.24, 2.45) is 4.99 Å². The Bertz CT molecular complexity index is 651. The maximum atomic E-state index is 13.1. The number of aryl methyl sites for hydroxylation is 2. The van der Waals surface area contributed by atoms with Crippen LogP contribution < -0.4 is 10.6 Å². The average molecular weight is 320 g/mol. The predicted octanol–water partition coefficient (Wildman–Crippen LogP) is 2.81. The molecule has 6 heteroatoms. The zero-order valence-electron chi connectivity index (χ0n) is 13.1. The Labute approximate surface area is 134 Å². The van der Waals surface area contributed by atoms with Gasteiger partial charge >= 0.3 is 0 Å². The van der Waals surface area contributed by atoms with E-state index < -0.39 is 0 Å². The van der Waals surface area contributed by atoms with Crippen molar-refractivity contribution in [1.82, 2.24) is 15.6 Å². The van der Waals surface area contributed by atoms with Gasteiger partial charge in [0.2, 0.25) is 0 Å². The van der Waals surface area contributed by atoms with Crippen LogP contribution in [0.2, 0.25) is 0 Å². The van der Waals surface area contributed by atoms with E-state index in [0.717, 1.165) is 29.2 Å². The number of rotatable bonds is 5. The van der Waals surface area contributed by atoms with Gasteiger partial charge in [0.25, 0.3) is 0 Å². The van der Waals surface area contributed by atoms with Gasteiger partial charge in [-0.3, -0.25) is 4.99 Å². The van der Waals surface area contributed by atoms with Crippen molar-refractivity contribution in [1.29, 1.82) is 0 Å². The first-order valence-corrected chi connectivity index (χ1v) is 8.02. The predicted molar refractivity (Wildman–Crippen MR) is 89.9 cm³/mol. The molecule has 1 heterocycles. The molecule has 22 heavy (non-hydrogen) atoms. The molecule has 1 aromatic carbocycles. The van der Waals surface area contributed by atoms with E-state index >= 15 is 0 Å². The summed E-state index contributed by atoms with van der Waals surface area (Å²) in [5, 5.41) is 7.54. The van der Waals surface area contributed by atoms with Crippen LogP contribution in [0.25, 0.3) is 0 Å². The first-order chi connectivity index (χ1) is 10.6. The minimum atomic E-state index is -0.224. The van der Waals surface area contributed by atoms with Crippen molar-refractivity contribution >= 4 is 17.3 Å². The van der Waals surface area contributed by atoms with E-state index in [1.165, 1.54) is 17.0 Å². The van der Waals surface area contributed by atoms with Gasteiger partial charge < -0.3 is 10.6 Å². The summed E-state index contributed by atoms with van der Waals surface area (Å²) in [6.07, 6.45) is 0.915. The van der Waals surface area contributed by atoms with Crippen molar-refractivity contribution in [3.8, 4) is 0 Å². The number of nitrogens with zero attached hydrogens (tertiary/aromatic N) is 2. The highest BCUT2D eigenvalue weighted by Gasteiger charge is 2.05. The molecular formula is C16H21FN4S. The topological polar surface area (TPSA) is 49.3 Å². The largest absolute Gasteiger partial charge is 0.356 e. The van der Waals surface area contributed by atoms with E-state index in [0.29, 0.717) is 12.5 Å². The standard InChI is InChI=1S/C16H21FN4S/c1-11-15(22-12(2)21-11)7-8-19-16(18-3)20-10-13-5-4-6-14(17)9-13/h4-6,9H,7-8,10H2,1-3H3,(H2,18,19,20). The Balaban J connectivity index is 1.79. The Kier molecular flexibility index (Phi) is 5.89. The summed E-state index contributed by atoms with van der Waals surface area (Å²) in [4.78, 5) is 9.89. The highest BCUT2D eigenvalue weighted by Crippen LogP contribution is 2.16. The molecule has 2 aromatic rings. The number of guanidine groups is 1. The lowest BCUT2D eigenvalue weighted by Gasteiger charge is -2.11. The van der Waals surface area contributed by atoms with Crippen LogP contribution in [-0.4, -0.2) is 24.5 Å². The van der Waals surface area contributed by atoms with Gasteiger partial charge in [0.1, 0.15) is 5.82 Å². The summed E-state index contributed by atoms with van der Waals surface area (Å²) in [5.41, 5.74) is 1.99. The smallest absolute Gasteiger partial charge is 0.191 e. The molecule has 0 radical (unpaired) electrons. The number of aliphatic imine (C=N–C) groups is 1. The third-order valence-electron chi connectivity index (χ3n) is 3.22. The van der Waals surface area contributed by atoms with E-state index in [-0.39, 0.29) is 5.82 Å². The monoisotopic (exact) mass is 320 g/mol. The van der Waals surface area contributed by atoms with E-state index in [4.69, 9.17) is 0 Å². The Hall–Kier alpha value is -1.95.